The summed E-state index contributed by atoms with van der Waals surface area (Å²) < 4.78 is 41.4. The van der Waals surface area contributed by atoms with Crippen molar-refractivity contribution in [1.29, 1.82) is 5.26 Å². The number of halogens is 3. The normalized spacial score (nSPS) is 18.1. The number of likely N-dealkylation sites (N-methyl/N-ethyl adjacent to an activating group) is 1. The van der Waals surface area contributed by atoms with Crippen LogP contribution in [0, 0.1) is 17.1 Å². The van der Waals surface area contributed by atoms with Gasteiger partial charge < -0.3 is 5.73 Å². The van der Waals surface area contributed by atoms with E-state index in [-0.39, 0.29) is 28.2 Å². The van der Waals surface area contributed by atoms with Gasteiger partial charge in [0.25, 0.3) is 12.3 Å². The lowest BCUT2D eigenvalue weighted by Crippen LogP contribution is -2.41. The van der Waals surface area contributed by atoms with Crippen LogP contribution >= 0.6 is 0 Å². The number of benzene rings is 1. The highest BCUT2D eigenvalue weighted by molar-refractivity contribution is 6.09. The third kappa shape index (κ3) is 3.24. The minimum absolute atomic E-state index is 0.0609. The molecule has 10 heteroatoms. The van der Waals surface area contributed by atoms with Gasteiger partial charge in [0.05, 0.1) is 5.56 Å². The standard InChI is InChI=1S/C22H15F3N6O/c1-31-20(32)22(30-21(31)27,15-4-5-29-18(8-15)19(24)25)14-2-3-17(23)16(7-14)13-6-12(9-26)10-28-11-13/h2-8,10-11,19H,1H3,(H2,27,30). The van der Waals surface area contributed by atoms with E-state index in [2.05, 4.69) is 15.0 Å². The predicted octanol–water partition coefficient (Wildman–Crippen LogP) is 3.12. The molecule has 2 aromatic heterocycles. The van der Waals surface area contributed by atoms with Crippen LogP contribution in [0.25, 0.3) is 11.1 Å². The number of nitrogens with zero attached hydrogens (tertiary/aromatic N) is 5. The van der Waals surface area contributed by atoms with Crippen molar-refractivity contribution in [1.82, 2.24) is 14.9 Å². The molecule has 1 aromatic carbocycles. The summed E-state index contributed by atoms with van der Waals surface area (Å²) in [6.07, 6.45) is 0.986. The first-order chi connectivity index (χ1) is 15.3. The van der Waals surface area contributed by atoms with Crippen LogP contribution in [0.1, 0.15) is 28.8 Å². The van der Waals surface area contributed by atoms with Gasteiger partial charge in [0.2, 0.25) is 0 Å². The van der Waals surface area contributed by atoms with Crippen molar-refractivity contribution in [2.75, 3.05) is 7.05 Å². The third-order valence-electron chi connectivity index (χ3n) is 5.22. The number of hydrogen-bond donors (Lipinski definition) is 1. The highest BCUT2D eigenvalue weighted by Gasteiger charge is 2.50. The van der Waals surface area contributed by atoms with Crippen molar-refractivity contribution in [3.63, 3.8) is 0 Å². The maximum atomic E-state index is 14.7. The van der Waals surface area contributed by atoms with Crippen molar-refractivity contribution >= 4 is 11.9 Å². The van der Waals surface area contributed by atoms with E-state index in [1.165, 1.54) is 43.7 Å². The molecule has 160 valence electrons. The third-order valence-corrected chi connectivity index (χ3v) is 5.22. The first kappa shape index (κ1) is 21.0. The average Bonchev–Trinajstić information content (AvgIpc) is 3.04. The molecule has 2 N–H and O–H groups in total. The molecule has 3 heterocycles. The van der Waals surface area contributed by atoms with Gasteiger partial charge in [0.1, 0.15) is 17.6 Å². The lowest BCUT2D eigenvalue weighted by atomic mass is 9.81. The van der Waals surface area contributed by atoms with E-state index in [1.54, 1.807) is 0 Å². The van der Waals surface area contributed by atoms with Gasteiger partial charge in [-0.25, -0.2) is 18.2 Å². The lowest BCUT2D eigenvalue weighted by molar-refractivity contribution is -0.129. The minimum atomic E-state index is -2.87. The summed E-state index contributed by atoms with van der Waals surface area (Å²) in [7, 11) is 1.41. The predicted molar refractivity (Wildman–Crippen MR) is 109 cm³/mol. The van der Waals surface area contributed by atoms with Gasteiger partial charge in [-0.3, -0.25) is 19.7 Å². The fraction of sp³-hybridized carbons (Fsp3) is 0.136. The molecule has 0 saturated heterocycles. The zero-order valence-corrected chi connectivity index (χ0v) is 16.6. The Bertz CT molecular complexity index is 1300. The number of nitrogens with two attached hydrogens (primary N) is 1. The molecule has 0 spiro atoms. The number of pyridine rings is 2. The number of guanidine groups is 1. The highest BCUT2D eigenvalue weighted by Crippen LogP contribution is 2.41. The molecule has 1 amide bonds. The number of hydrogen-bond acceptors (Lipinski definition) is 6. The van der Waals surface area contributed by atoms with Crippen molar-refractivity contribution < 1.29 is 18.0 Å². The SMILES string of the molecule is CN1C(=O)C(c2ccnc(C(F)F)c2)(c2ccc(F)c(-c3cncc(C#N)c3)c2)N=C1N. The van der Waals surface area contributed by atoms with Gasteiger partial charge in [0, 0.05) is 36.8 Å². The first-order valence-corrected chi connectivity index (χ1v) is 9.31. The molecule has 3 aromatic rings. The molecule has 7 nitrogen and oxygen atoms in total. The van der Waals surface area contributed by atoms with E-state index < -0.39 is 29.4 Å². The summed E-state index contributed by atoms with van der Waals surface area (Å²) in [4.78, 5) is 26.3. The summed E-state index contributed by atoms with van der Waals surface area (Å²) >= 11 is 0. The van der Waals surface area contributed by atoms with E-state index in [0.29, 0.717) is 5.56 Å². The average molecular weight is 436 g/mol. The van der Waals surface area contributed by atoms with Crippen LogP contribution in [0.4, 0.5) is 13.2 Å². The van der Waals surface area contributed by atoms with Crippen LogP contribution < -0.4 is 5.73 Å². The van der Waals surface area contributed by atoms with Crippen LogP contribution in [0.2, 0.25) is 0 Å². The number of carbonyl (C=O) groups is 1. The molecule has 0 saturated carbocycles. The highest BCUT2D eigenvalue weighted by atomic mass is 19.3. The smallest absolute Gasteiger partial charge is 0.280 e. The summed E-state index contributed by atoms with van der Waals surface area (Å²) in [5.74, 6) is -1.34. The van der Waals surface area contributed by atoms with Crippen molar-refractivity contribution in [3.8, 4) is 17.2 Å². The fourth-order valence-corrected chi connectivity index (χ4v) is 3.60. The lowest BCUT2D eigenvalue weighted by Gasteiger charge is -2.27. The van der Waals surface area contributed by atoms with Gasteiger partial charge in [-0.1, -0.05) is 6.07 Å². The fourth-order valence-electron chi connectivity index (χ4n) is 3.60. The van der Waals surface area contributed by atoms with E-state index in [0.717, 1.165) is 23.2 Å². The van der Waals surface area contributed by atoms with Gasteiger partial charge >= 0.3 is 0 Å². The van der Waals surface area contributed by atoms with Crippen molar-refractivity contribution in [2.45, 2.75) is 12.0 Å². The van der Waals surface area contributed by atoms with Crippen LogP contribution in [0.5, 0.6) is 0 Å². The van der Waals surface area contributed by atoms with E-state index >= 15 is 0 Å². The maximum Gasteiger partial charge on any atom is 0.280 e. The summed E-state index contributed by atoms with van der Waals surface area (Å²) in [6.45, 7) is 0. The number of nitriles is 1. The number of carbonyl (C=O) groups excluding carboxylic acids is 1. The van der Waals surface area contributed by atoms with Gasteiger partial charge in [-0.05, 0) is 41.5 Å². The molecule has 0 aliphatic carbocycles. The molecule has 4 rings (SSSR count). The molecule has 0 bridgehead atoms. The number of aliphatic imine (C=N–C) groups is 1. The number of amides is 1. The zero-order valence-electron chi connectivity index (χ0n) is 16.6. The molecule has 1 atom stereocenters. The monoisotopic (exact) mass is 436 g/mol. The Morgan fingerprint density at radius 3 is 2.56 bits per heavy atom. The topological polar surface area (TPSA) is 108 Å². The van der Waals surface area contributed by atoms with Crippen molar-refractivity contribution in [3.05, 3.63) is 83.2 Å². The molecule has 1 aliphatic heterocycles. The second kappa shape index (κ2) is 7.77. The molecule has 1 unspecified atom stereocenters. The van der Waals surface area contributed by atoms with Gasteiger partial charge in [0.15, 0.2) is 11.5 Å². The Hall–Kier alpha value is -4.26. The second-order valence-electron chi connectivity index (χ2n) is 7.08. The quantitative estimate of drug-likeness (QED) is 0.676. The largest absolute Gasteiger partial charge is 0.369 e. The zero-order chi connectivity index (χ0) is 23.0. The number of alkyl halides is 2. The summed E-state index contributed by atoms with van der Waals surface area (Å²) in [5, 5.41) is 9.13. The first-order valence-electron chi connectivity index (χ1n) is 9.31. The Morgan fingerprint density at radius 2 is 1.91 bits per heavy atom. The van der Waals surface area contributed by atoms with E-state index in [9.17, 15) is 18.0 Å². The Labute approximate surface area is 180 Å². The molecule has 32 heavy (non-hydrogen) atoms. The van der Waals surface area contributed by atoms with Crippen LogP contribution in [0.3, 0.4) is 0 Å². The summed E-state index contributed by atoms with van der Waals surface area (Å²) in [6, 6.07) is 9.71. The molecule has 0 radical (unpaired) electrons. The Kier molecular flexibility index (Phi) is 5.10. The molecular formula is C22H15F3N6O. The Balaban J connectivity index is 1.98. The van der Waals surface area contributed by atoms with Crippen molar-refractivity contribution in [2.24, 2.45) is 10.7 Å². The van der Waals surface area contributed by atoms with Crippen LogP contribution in [-0.2, 0) is 10.3 Å². The minimum Gasteiger partial charge on any atom is -0.369 e. The maximum absolute atomic E-state index is 14.7. The van der Waals surface area contributed by atoms with Gasteiger partial charge in [-0.15, -0.1) is 0 Å². The summed E-state index contributed by atoms with van der Waals surface area (Å²) in [5.41, 5.74) is 4.46. The Morgan fingerprint density at radius 1 is 1.16 bits per heavy atom. The number of rotatable bonds is 4. The molecule has 1 aliphatic rings. The van der Waals surface area contributed by atoms with Crippen LogP contribution in [-0.4, -0.2) is 33.8 Å². The van der Waals surface area contributed by atoms with E-state index in [4.69, 9.17) is 11.0 Å². The second-order valence-corrected chi connectivity index (χ2v) is 7.08. The molecule has 0 fully saturated rings. The van der Waals surface area contributed by atoms with Gasteiger partial charge in [-0.2, -0.15) is 5.26 Å². The number of aromatic nitrogens is 2. The molecular weight excluding hydrogens is 421 g/mol. The van der Waals surface area contributed by atoms with Crippen LogP contribution in [0.15, 0.2) is 60.0 Å². The van der Waals surface area contributed by atoms with E-state index in [1.807, 2.05) is 6.07 Å².